The van der Waals surface area contributed by atoms with Gasteiger partial charge in [-0.15, -0.1) is 0 Å². The molecule has 1 aromatic carbocycles. The van der Waals surface area contributed by atoms with Gasteiger partial charge in [0.15, 0.2) is 0 Å². The average Bonchev–Trinajstić information content (AvgIpc) is 3.08. The van der Waals surface area contributed by atoms with Crippen LogP contribution in [0.5, 0.6) is 0 Å². The Morgan fingerprint density at radius 2 is 1.93 bits per heavy atom. The summed E-state index contributed by atoms with van der Waals surface area (Å²) >= 11 is 0. The first-order chi connectivity index (χ1) is 14.0. The molecule has 0 unspecified atom stereocenters. The summed E-state index contributed by atoms with van der Waals surface area (Å²) in [7, 11) is 0. The predicted octanol–water partition coefficient (Wildman–Crippen LogP) is 4.76. The highest BCUT2D eigenvalue weighted by Gasteiger charge is 2.24. The number of nitrogen functional groups attached to an aromatic ring is 1. The molecule has 0 saturated heterocycles. The number of rotatable bonds is 6. The van der Waals surface area contributed by atoms with Crippen LogP contribution in [-0.4, -0.2) is 31.8 Å². The van der Waals surface area contributed by atoms with Crippen molar-refractivity contribution in [2.45, 2.75) is 70.6 Å². The van der Waals surface area contributed by atoms with Gasteiger partial charge in [-0.05, 0) is 56.7 Å². The fourth-order valence-corrected chi connectivity index (χ4v) is 4.33. The molecule has 6 heteroatoms. The minimum Gasteiger partial charge on any atom is -0.399 e. The number of nitrogens with two attached hydrogens (primary N) is 1. The Bertz CT molecular complexity index is 957. The molecule has 2 heterocycles. The molecule has 0 aliphatic heterocycles. The van der Waals surface area contributed by atoms with Gasteiger partial charge in [-0.2, -0.15) is 4.98 Å². The van der Waals surface area contributed by atoms with Crippen LogP contribution in [-0.2, 0) is 0 Å². The maximum atomic E-state index is 9.93. The van der Waals surface area contributed by atoms with Crippen molar-refractivity contribution >= 4 is 22.7 Å². The smallest absolute Gasteiger partial charge is 0.224 e. The number of aliphatic hydroxyl groups excluding tert-OH is 1. The second kappa shape index (κ2) is 8.41. The van der Waals surface area contributed by atoms with E-state index in [9.17, 15) is 5.11 Å². The summed E-state index contributed by atoms with van der Waals surface area (Å²) in [6.07, 6.45) is 9.77. The van der Waals surface area contributed by atoms with Crippen molar-refractivity contribution in [2.24, 2.45) is 0 Å². The van der Waals surface area contributed by atoms with Crippen molar-refractivity contribution in [1.29, 1.82) is 0 Å². The van der Waals surface area contributed by atoms with Crippen LogP contribution in [0.15, 0.2) is 36.7 Å². The SMILES string of the molecule is CCC[C@H](C)Nc1ncc2c(-c3ccc(N)cc3)cn([C@H]3CC[C@H](O)CC3)c2n1. The van der Waals surface area contributed by atoms with E-state index in [-0.39, 0.29) is 6.10 Å². The minimum absolute atomic E-state index is 0.175. The molecule has 0 radical (unpaired) electrons. The lowest BCUT2D eigenvalue weighted by Crippen LogP contribution is -2.21. The maximum absolute atomic E-state index is 9.93. The summed E-state index contributed by atoms with van der Waals surface area (Å²) in [5.41, 5.74) is 9.83. The van der Waals surface area contributed by atoms with Gasteiger partial charge in [-0.3, -0.25) is 0 Å². The van der Waals surface area contributed by atoms with Crippen LogP contribution in [0.25, 0.3) is 22.2 Å². The van der Waals surface area contributed by atoms with Gasteiger partial charge in [-0.25, -0.2) is 4.98 Å². The number of hydrogen-bond acceptors (Lipinski definition) is 5. The molecular weight excluding hydrogens is 362 g/mol. The van der Waals surface area contributed by atoms with E-state index in [4.69, 9.17) is 10.7 Å². The zero-order valence-corrected chi connectivity index (χ0v) is 17.3. The molecular formula is C23H31N5O. The van der Waals surface area contributed by atoms with Gasteiger partial charge in [0.1, 0.15) is 5.65 Å². The second-order valence-corrected chi connectivity index (χ2v) is 8.30. The van der Waals surface area contributed by atoms with Gasteiger partial charge < -0.3 is 20.7 Å². The third-order valence-electron chi connectivity index (χ3n) is 5.95. The molecule has 4 rings (SSSR count). The summed E-state index contributed by atoms with van der Waals surface area (Å²) < 4.78 is 2.30. The number of anilines is 2. The van der Waals surface area contributed by atoms with Crippen LogP contribution >= 0.6 is 0 Å². The van der Waals surface area contributed by atoms with Gasteiger partial charge in [0.05, 0.1) is 6.10 Å². The number of aromatic nitrogens is 3. The second-order valence-electron chi connectivity index (χ2n) is 8.30. The molecule has 2 aromatic heterocycles. The Labute approximate surface area is 172 Å². The lowest BCUT2D eigenvalue weighted by atomic mass is 9.93. The molecule has 0 bridgehead atoms. The molecule has 4 N–H and O–H groups in total. The van der Waals surface area contributed by atoms with Gasteiger partial charge in [0.25, 0.3) is 0 Å². The molecule has 0 spiro atoms. The van der Waals surface area contributed by atoms with E-state index < -0.39 is 0 Å². The lowest BCUT2D eigenvalue weighted by molar-refractivity contribution is 0.111. The van der Waals surface area contributed by atoms with E-state index in [0.717, 1.165) is 66.4 Å². The fraction of sp³-hybridized carbons (Fsp3) is 0.478. The van der Waals surface area contributed by atoms with Gasteiger partial charge in [0.2, 0.25) is 5.95 Å². The van der Waals surface area contributed by atoms with Gasteiger partial charge >= 0.3 is 0 Å². The summed E-state index contributed by atoms with van der Waals surface area (Å²) in [4.78, 5) is 9.51. The van der Waals surface area contributed by atoms with E-state index in [2.05, 4.69) is 47.0 Å². The van der Waals surface area contributed by atoms with Crippen molar-refractivity contribution in [2.75, 3.05) is 11.1 Å². The van der Waals surface area contributed by atoms with Crippen LogP contribution in [0.4, 0.5) is 11.6 Å². The molecule has 1 fully saturated rings. The zero-order valence-electron chi connectivity index (χ0n) is 17.3. The molecule has 1 saturated carbocycles. The third-order valence-corrected chi connectivity index (χ3v) is 5.95. The molecule has 1 aliphatic carbocycles. The first kappa shape index (κ1) is 19.7. The lowest BCUT2D eigenvalue weighted by Gasteiger charge is -2.27. The van der Waals surface area contributed by atoms with E-state index in [1.54, 1.807) is 0 Å². The number of fused-ring (bicyclic) bond motifs is 1. The number of hydrogen-bond donors (Lipinski definition) is 3. The molecule has 1 atom stereocenters. The van der Waals surface area contributed by atoms with Crippen LogP contribution in [0.3, 0.4) is 0 Å². The Morgan fingerprint density at radius 3 is 2.62 bits per heavy atom. The molecule has 0 amide bonds. The number of benzene rings is 1. The topological polar surface area (TPSA) is 89.0 Å². The summed E-state index contributed by atoms with van der Waals surface area (Å²) in [6.45, 7) is 4.35. The monoisotopic (exact) mass is 393 g/mol. The van der Waals surface area contributed by atoms with E-state index in [1.165, 1.54) is 0 Å². The first-order valence-corrected chi connectivity index (χ1v) is 10.7. The van der Waals surface area contributed by atoms with E-state index in [0.29, 0.717) is 18.0 Å². The highest BCUT2D eigenvalue weighted by Crippen LogP contribution is 2.36. The standard InChI is InChI=1S/C23H31N5O/c1-3-4-15(2)26-23-25-13-20-21(16-5-7-17(24)8-6-16)14-28(22(20)27-23)18-9-11-19(29)12-10-18/h5-8,13-15,18-19,29H,3-4,9-12,24H2,1-2H3,(H,25,26,27)/t15-,18-,19-/m0/s1. The minimum atomic E-state index is -0.175. The summed E-state index contributed by atoms with van der Waals surface area (Å²) in [5.74, 6) is 0.678. The number of aliphatic hydroxyl groups is 1. The van der Waals surface area contributed by atoms with Crippen LogP contribution in [0, 0.1) is 0 Å². The number of nitrogens with zero attached hydrogens (tertiary/aromatic N) is 3. The summed E-state index contributed by atoms with van der Waals surface area (Å²) in [6, 6.07) is 8.64. The van der Waals surface area contributed by atoms with Crippen LogP contribution < -0.4 is 11.1 Å². The summed E-state index contributed by atoms with van der Waals surface area (Å²) in [5, 5.41) is 14.4. The predicted molar refractivity (Wildman–Crippen MR) is 119 cm³/mol. The van der Waals surface area contributed by atoms with Crippen molar-refractivity contribution in [3.05, 3.63) is 36.7 Å². The Hall–Kier alpha value is -2.60. The quantitative estimate of drug-likeness (QED) is 0.526. The zero-order chi connectivity index (χ0) is 20.4. The largest absolute Gasteiger partial charge is 0.399 e. The number of nitrogens with one attached hydrogen (secondary N) is 1. The molecule has 1 aliphatic rings. The van der Waals surface area contributed by atoms with Crippen LogP contribution in [0.1, 0.15) is 58.4 Å². The van der Waals surface area contributed by atoms with Crippen molar-refractivity contribution < 1.29 is 5.11 Å². The van der Waals surface area contributed by atoms with Crippen molar-refractivity contribution in [1.82, 2.24) is 14.5 Å². The van der Waals surface area contributed by atoms with Crippen molar-refractivity contribution in [3.63, 3.8) is 0 Å². The molecule has 3 aromatic rings. The van der Waals surface area contributed by atoms with Crippen LogP contribution in [0.2, 0.25) is 0 Å². The molecule has 6 nitrogen and oxygen atoms in total. The van der Waals surface area contributed by atoms with E-state index >= 15 is 0 Å². The molecule has 29 heavy (non-hydrogen) atoms. The fourth-order valence-electron chi connectivity index (χ4n) is 4.33. The van der Waals surface area contributed by atoms with E-state index in [1.807, 2.05) is 18.3 Å². The Balaban J connectivity index is 1.76. The average molecular weight is 394 g/mol. The highest BCUT2D eigenvalue weighted by molar-refractivity contribution is 5.94. The molecule has 154 valence electrons. The van der Waals surface area contributed by atoms with Gasteiger partial charge in [-0.1, -0.05) is 25.5 Å². The van der Waals surface area contributed by atoms with Crippen molar-refractivity contribution in [3.8, 4) is 11.1 Å². The third kappa shape index (κ3) is 4.22. The van der Waals surface area contributed by atoms with Gasteiger partial charge in [0, 0.05) is 41.1 Å². The highest BCUT2D eigenvalue weighted by atomic mass is 16.3. The first-order valence-electron chi connectivity index (χ1n) is 10.7. The Morgan fingerprint density at radius 1 is 1.21 bits per heavy atom. The maximum Gasteiger partial charge on any atom is 0.224 e. The normalized spacial score (nSPS) is 20.7. The Kier molecular flexibility index (Phi) is 5.72.